The van der Waals surface area contributed by atoms with Crippen molar-refractivity contribution >= 4 is 5.91 Å². The second-order valence-electron chi connectivity index (χ2n) is 3.65. The van der Waals surface area contributed by atoms with Crippen LogP contribution in [0.2, 0.25) is 5.79 Å². The van der Waals surface area contributed by atoms with E-state index in [-0.39, 0.29) is 6.61 Å². The van der Waals surface area contributed by atoms with Crippen molar-refractivity contribution < 1.29 is 48.0 Å². The Labute approximate surface area is 103 Å². The molecule has 3 N–H and O–H groups in total. The molecule has 1 unspecified atom stereocenters. The van der Waals surface area contributed by atoms with E-state index in [1.165, 1.54) is 0 Å². The van der Waals surface area contributed by atoms with Gasteiger partial charge in [0.05, 0.1) is 0 Å². The van der Waals surface area contributed by atoms with E-state index < -0.39 is 17.4 Å². The maximum absolute atomic E-state index is 11.4. The molecule has 0 heterocycles. The molecule has 0 aromatic heterocycles. The molecule has 1 atom stereocenters. The molecule has 0 aliphatic heterocycles. The molecule has 0 spiro atoms. The molecule has 0 aliphatic carbocycles. The number of carbonyl (C=O) groups excluding carboxylic acids is 1. The third-order valence-corrected chi connectivity index (χ3v) is 3.13. The van der Waals surface area contributed by atoms with Crippen molar-refractivity contribution in [2.24, 2.45) is 5.41 Å². The zero-order chi connectivity index (χ0) is 11.2. The van der Waals surface area contributed by atoms with Crippen molar-refractivity contribution in [2.75, 3.05) is 13.2 Å². The number of rotatable bonds is 6. The average molecular weight is 364 g/mol. The molecule has 0 fully saturated rings. The van der Waals surface area contributed by atoms with Gasteiger partial charge in [0, 0.05) is 0 Å². The Morgan fingerprint density at radius 2 is 2.14 bits per heavy atom. The number of hydrogen-bond donors (Lipinski definition) is 3. The quantitative estimate of drug-likeness (QED) is 0.583. The van der Waals surface area contributed by atoms with Gasteiger partial charge < -0.3 is 0 Å². The van der Waals surface area contributed by atoms with Crippen LogP contribution in [0.3, 0.4) is 0 Å². The van der Waals surface area contributed by atoms with Crippen LogP contribution < -0.4 is 5.32 Å². The van der Waals surface area contributed by atoms with E-state index in [0.29, 0.717) is 39.6 Å². The summed E-state index contributed by atoms with van der Waals surface area (Å²) in [5, 5.41) is 21.2. The normalized spacial score (nSPS) is 14.1. The molecular weight excluding hydrogens is 345 g/mol. The van der Waals surface area contributed by atoms with Crippen molar-refractivity contribution in [1.82, 2.24) is 5.32 Å². The Morgan fingerprint density at radius 1 is 1.57 bits per heavy atom. The molecule has 0 saturated carbocycles. The van der Waals surface area contributed by atoms with Gasteiger partial charge in [-0.05, 0) is 0 Å². The minimum absolute atomic E-state index is 0.210. The van der Waals surface area contributed by atoms with Crippen LogP contribution in [0, 0.1) is 38.5 Å². The maximum atomic E-state index is 11.4. The molecule has 4 nitrogen and oxygen atoms in total. The van der Waals surface area contributed by atoms with Crippen LogP contribution in [-0.4, -0.2) is 35.4 Å². The van der Waals surface area contributed by atoms with Gasteiger partial charge in [0.15, 0.2) is 0 Å². The minimum atomic E-state index is -1.14. The third-order valence-electron chi connectivity index (χ3n) is 1.89. The van der Waals surface area contributed by atoms with E-state index >= 15 is 0 Å². The molecule has 0 rings (SSSR count). The van der Waals surface area contributed by atoms with Gasteiger partial charge in [-0.2, -0.15) is 0 Å². The van der Waals surface area contributed by atoms with Gasteiger partial charge in [-0.15, -0.1) is 0 Å². The topological polar surface area (TPSA) is 69.6 Å². The van der Waals surface area contributed by atoms with Crippen LogP contribution in [0.1, 0.15) is 13.8 Å². The summed E-state index contributed by atoms with van der Waals surface area (Å²) >= 11 is 0.688. The average Bonchev–Trinajstić information content (AvgIpc) is 2.17. The fraction of sp³-hybridized carbons (Fsp3) is 0.889. The second-order valence-corrected chi connectivity index (χ2v) is 5.65. The van der Waals surface area contributed by atoms with E-state index in [2.05, 4.69) is 8.46 Å². The molecular formula is C9H19LuNO3. The number of aliphatic hydroxyl groups excluding tert-OH is 2. The van der Waals surface area contributed by atoms with Crippen molar-refractivity contribution in [2.45, 2.75) is 25.7 Å². The first-order valence-corrected chi connectivity index (χ1v) is 7.08. The van der Waals surface area contributed by atoms with Crippen LogP contribution in [0.4, 0.5) is 0 Å². The number of amides is 1. The van der Waals surface area contributed by atoms with Gasteiger partial charge in [0.2, 0.25) is 0 Å². The first-order valence-electron chi connectivity index (χ1n) is 4.25. The number of nitrogens with one attached hydrogen (secondary N) is 1. The number of carbonyl (C=O) groups is 1. The Bertz CT molecular complexity index is 185. The fourth-order valence-electron chi connectivity index (χ4n) is 0.758. The Hall–Kier alpha value is 0.624. The third kappa shape index (κ3) is 4.92. The number of aliphatic hydroxyl groups is 2. The monoisotopic (exact) mass is 364 g/mol. The van der Waals surface area contributed by atoms with E-state index in [4.69, 9.17) is 5.11 Å². The molecule has 93 valence electrons. The SMILES string of the molecule is [CH3][Lu][CH2]CNC(=O)C(O)C(C)(C)CO. The second kappa shape index (κ2) is 6.99. The van der Waals surface area contributed by atoms with Gasteiger partial charge >= 0.3 is 104 Å². The molecule has 5 heteroatoms. The predicted molar refractivity (Wildman–Crippen MR) is 50.6 cm³/mol. The van der Waals surface area contributed by atoms with Crippen LogP contribution in [0.15, 0.2) is 0 Å². The van der Waals surface area contributed by atoms with Gasteiger partial charge in [0.25, 0.3) is 0 Å². The zero-order valence-corrected chi connectivity index (χ0v) is 10.4. The summed E-state index contributed by atoms with van der Waals surface area (Å²) in [6, 6.07) is 0. The van der Waals surface area contributed by atoms with Crippen molar-refractivity contribution in [1.29, 1.82) is 0 Å². The fourth-order valence-corrected chi connectivity index (χ4v) is 1.38. The molecule has 0 bridgehead atoms. The number of hydrogen-bond acceptors (Lipinski definition) is 3. The Morgan fingerprint density at radius 3 is 2.57 bits per heavy atom. The summed E-state index contributed by atoms with van der Waals surface area (Å²) in [6.07, 6.45) is -1.14. The van der Waals surface area contributed by atoms with Crippen molar-refractivity contribution in [3.63, 3.8) is 0 Å². The summed E-state index contributed by atoms with van der Waals surface area (Å²) in [5.74, 6) is -0.398. The van der Waals surface area contributed by atoms with Crippen LogP contribution >= 0.6 is 0 Å². The van der Waals surface area contributed by atoms with Crippen molar-refractivity contribution in [3.8, 4) is 0 Å². The molecule has 0 saturated heterocycles. The summed E-state index contributed by atoms with van der Waals surface area (Å²) in [5.41, 5.74) is -0.778. The predicted octanol–water partition coefficient (Wildman–Crippen LogP) is 0.0334. The molecule has 0 aliphatic rings. The first-order chi connectivity index (χ1) is 6.45. The molecule has 1 amide bonds. The van der Waals surface area contributed by atoms with Crippen LogP contribution in [0.5, 0.6) is 0 Å². The summed E-state index contributed by atoms with van der Waals surface area (Å²) in [7, 11) is 0. The molecule has 14 heavy (non-hydrogen) atoms. The van der Waals surface area contributed by atoms with E-state index in [1.807, 2.05) is 0 Å². The first kappa shape index (κ1) is 14.6. The van der Waals surface area contributed by atoms with E-state index in [9.17, 15) is 9.90 Å². The Balaban J connectivity index is 3.99. The summed E-state index contributed by atoms with van der Waals surface area (Å²) in [4.78, 5) is 11.4. The van der Waals surface area contributed by atoms with Crippen LogP contribution in [0.25, 0.3) is 0 Å². The standard InChI is InChI=1S/C8H16NO3.CH3.Lu/c1-4-9-7(12)6(11)8(2,3)5-10;;/h6,10-11H,1,4-5H2,2-3H3,(H,9,12);1H3;. The van der Waals surface area contributed by atoms with Gasteiger partial charge in [0.1, 0.15) is 0 Å². The van der Waals surface area contributed by atoms with Crippen LogP contribution in [-0.2, 0) is 4.79 Å². The van der Waals surface area contributed by atoms with Crippen molar-refractivity contribution in [3.05, 3.63) is 0 Å². The molecule has 0 radical (unpaired) electrons. The molecule has 0 aromatic carbocycles. The molecule has 0 aromatic rings. The van der Waals surface area contributed by atoms with E-state index in [1.54, 1.807) is 13.8 Å². The zero-order valence-electron chi connectivity index (χ0n) is 8.76. The Kier molecular flexibility index (Phi) is 7.30. The summed E-state index contributed by atoms with van der Waals surface area (Å²) < 4.78 is 3.01. The van der Waals surface area contributed by atoms with Gasteiger partial charge in [-0.25, -0.2) is 0 Å². The van der Waals surface area contributed by atoms with Gasteiger partial charge in [-0.1, -0.05) is 0 Å². The van der Waals surface area contributed by atoms with Gasteiger partial charge in [-0.3, -0.25) is 0 Å². The van der Waals surface area contributed by atoms with E-state index in [0.717, 1.165) is 2.64 Å². The summed E-state index contributed by atoms with van der Waals surface area (Å²) in [6.45, 7) is 3.69.